The summed E-state index contributed by atoms with van der Waals surface area (Å²) in [6, 6.07) is 6.36. The Labute approximate surface area is 192 Å². The van der Waals surface area contributed by atoms with Crippen molar-refractivity contribution in [2.45, 2.75) is 70.5 Å². The van der Waals surface area contributed by atoms with Gasteiger partial charge in [0.15, 0.2) is 0 Å². The quantitative estimate of drug-likeness (QED) is 0.239. The van der Waals surface area contributed by atoms with Gasteiger partial charge in [0, 0.05) is 31.4 Å². The average Bonchev–Trinajstić information content (AvgIpc) is 3.36. The lowest BCUT2D eigenvalue weighted by Gasteiger charge is -2.17. The molecule has 1 aliphatic carbocycles. The fourth-order valence-electron chi connectivity index (χ4n) is 4.69. The third kappa shape index (κ3) is 6.15. The maximum Gasteiger partial charge on any atom is 0.305 e. The van der Waals surface area contributed by atoms with E-state index in [0.29, 0.717) is 37.9 Å². The second-order valence-corrected chi connectivity index (χ2v) is 8.81. The molecule has 0 bridgehead atoms. The minimum Gasteiger partial charge on any atom is -0.489 e. The van der Waals surface area contributed by atoms with E-state index >= 15 is 0 Å². The Hall–Kier alpha value is -2.29. The molecule has 1 saturated carbocycles. The SMILES string of the molecule is CC#CCC(C)C(O)/C=C/C1CCC2Oc3c(CCCC(=O)OCCOC)cccc3C12. The van der Waals surface area contributed by atoms with Crippen molar-refractivity contribution in [3.63, 3.8) is 0 Å². The van der Waals surface area contributed by atoms with Crippen LogP contribution in [0.3, 0.4) is 0 Å². The summed E-state index contributed by atoms with van der Waals surface area (Å²) in [7, 11) is 1.59. The summed E-state index contributed by atoms with van der Waals surface area (Å²) in [6.07, 6.45) is 8.56. The van der Waals surface area contributed by atoms with Crippen LogP contribution >= 0.6 is 0 Å². The van der Waals surface area contributed by atoms with E-state index in [-0.39, 0.29) is 18.0 Å². The molecule has 1 fully saturated rings. The van der Waals surface area contributed by atoms with Crippen molar-refractivity contribution in [2.24, 2.45) is 11.8 Å². The zero-order valence-corrected chi connectivity index (χ0v) is 19.5. The van der Waals surface area contributed by atoms with Gasteiger partial charge < -0.3 is 19.3 Å². The first-order chi connectivity index (χ1) is 15.5. The van der Waals surface area contributed by atoms with Gasteiger partial charge >= 0.3 is 5.97 Å². The van der Waals surface area contributed by atoms with Crippen molar-refractivity contribution in [1.29, 1.82) is 0 Å². The zero-order valence-electron chi connectivity index (χ0n) is 19.5. The van der Waals surface area contributed by atoms with Crippen LogP contribution in [0.25, 0.3) is 0 Å². The maximum absolute atomic E-state index is 11.8. The molecule has 1 aromatic carbocycles. The number of ether oxygens (including phenoxy) is 3. The monoisotopic (exact) mass is 440 g/mol. The minimum absolute atomic E-state index is 0.121. The van der Waals surface area contributed by atoms with Gasteiger partial charge in [0.25, 0.3) is 0 Å². The number of carbonyl (C=O) groups excluding carboxylic acids is 1. The van der Waals surface area contributed by atoms with E-state index in [4.69, 9.17) is 14.2 Å². The Morgan fingerprint density at radius 2 is 2.19 bits per heavy atom. The van der Waals surface area contributed by atoms with Crippen LogP contribution in [0, 0.1) is 23.7 Å². The summed E-state index contributed by atoms with van der Waals surface area (Å²) < 4.78 is 16.4. The van der Waals surface area contributed by atoms with Crippen molar-refractivity contribution < 1.29 is 24.1 Å². The van der Waals surface area contributed by atoms with Crippen LogP contribution in [0.2, 0.25) is 0 Å². The number of methoxy groups -OCH3 is 1. The number of hydrogen-bond donors (Lipinski definition) is 1. The van der Waals surface area contributed by atoms with Crippen LogP contribution in [0.1, 0.15) is 63.0 Å². The number of fused-ring (bicyclic) bond motifs is 3. The predicted molar refractivity (Wildman–Crippen MR) is 124 cm³/mol. The number of aliphatic hydroxyl groups excluding tert-OH is 1. The minimum atomic E-state index is -0.480. The molecule has 0 saturated heterocycles. The number of allylic oxidation sites excluding steroid dienone is 1. The number of benzene rings is 1. The number of hydrogen-bond acceptors (Lipinski definition) is 5. The van der Waals surface area contributed by atoms with Gasteiger partial charge in [-0.3, -0.25) is 4.79 Å². The number of para-hydroxylation sites is 1. The van der Waals surface area contributed by atoms with Crippen LogP contribution in [0.4, 0.5) is 0 Å². The van der Waals surface area contributed by atoms with Crippen molar-refractivity contribution in [3.8, 4) is 17.6 Å². The lowest BCUT2D eigenvalue weighted by molar-refractivity contribution is -0.145. The van der Waals surface area contributed by atoms with E-state index in [0.717, 1.165) is 37.0 Å². The normalized spacial score (nSPS) is 23.1. The molecule has 5 atom stereocenters. The Bertz CT molecular complexity index is 849. The van der Waals surface area contributed by atoms with E-state index < -0.39 is 6.10 Å². The molecule has 5 heteroatoms. The van der Waals surface area contributed by atoms with Gasteiger partial charge in [-0.2, -0.15) is 0 Å². The highest BCUT2D eigenvalue weighted by Crippen LogP contribution is 2.51. The topological polar surface area (TPSA) is 65.0 Å². The van der Waals surface area contributed by atoms with Gasteiger partial charge in [-0.15, -0.1) is 11.8 Å². The smallest absolute Gasteiger partial charge is 0.305 e. The average molecular weight is 441 g/mol. The summed E-state index contributed by atoms with van der Waals surface area (Å²) in [5.74, 6) is 7.58. The van der Waals surface area contributed by atoms with E-state index in [1.54, 1.807) is 7.11 Å². The van der Waals surface area contributed by atoms with E-state index in [2.05, 4.69) is 36.1 Å². The van der Waals surface area contributed by atoms with E-state index in [1.807, 2.05) is 19.9 Å². The Kier molecular flexibility index (Phi) is 9.20. The molecule has 32 heavy (non-hydrogen) atoms. The fraction of sp³-hybridized carbons (Fsp3) is 0.593. The largest absolute Gasteiger partial charge is 0.489 e. The lowest BCUT2D eigenvalue weighted by atomic mass is 9.86. The first-order valence-corrected chi connectivity index (χ1v) is 11.7. The summed E-state index contributed by atoms with van der Waals surface area (Å²) in [5, 5.41) is 10.5. The molecule has 1 aliphatic heterocycles. The summed E-state index contributed by atoms with van der Waals surface area (Å²) in [6.45, 7) is 4.59. The molecule has 3 rings (SSSR count). The Morgan fingerprint density at radius 3 is 2.97 bits per heavy atom. The van der Waals surface area contributed by atoms with Crippen LogP contribution in [-0.2, 0) is 20.7 Å². The highest BCUT2D eigenvalue weighted by molar-refractivity contribution is 5.69. The van der Waals surface area contributed by atoms with Crippen molar-refractivity contribution >= 4 is 5.97 Å². The van der Waals surface area contributed by atoms with E-state index in [9.17, 15) is 9.90 Å². The van der Waals surface area contributed by atoms with Gasteiger partial charge in [0.1, 0.15) is 18.5 Å². The number of aryl methyl sites for hydroxylation is 1. The fourth-order valence-corrected chi connectivity index (χ4v) is 4.69. The highest BCUT2D eigenvalue weighted by atomic mass is 16.6. The number of esters is 1. The van der Waals surface area contributed by atoms with E-state index in [1.165, 1.54) is 5.56 Å². The van der Waals surface area contributed by atoms with Crippen LogP contribution in [0.5, 0.6) is 5.75 Å². The highest BCUT2D eigenvalue weighted by Gasteiger charge is 2.44. The van der Waals surface area contributed by atoms with Gasteiger partial charge in [-0.25, -0.2) is 0 Å². The third-order valence-corrected chi connectivity index (χ3v) is 6.52. The van der Waals surface area contributed by atoms with Crippen LogP contribution in [0.15, 0.2) is 30.4 Å². The van der Waals surface area contributed by atoms with Crippen molar-refractivity contribution in [2.75, 3.05) is 20.3 Å². The first-order valence-electron chi connectivity index (χ1n) is 11.7. The first kappa shape index (κ1) is 24.4. The molecule has 5 nitrogen and oxygen atoms in total. The van der Waals surface area contributed by atoms with Crippen LogP contribution < -0.4 is 4.74 Å². The molecule has 1 heterocycles. The lowest BCUT2D eigenvalue weighted by Crippen LogP contribution is -2.17. The molecule has 5 unspecified atom stereocenters. The summed E-state index contributed by atoms with van der Waals surface area (Å²) in [5.41, 5.74) is 2.43. The number of carbonyl (C=O) groups is 1. The molecule has 0 spiro atoms. The third-order valence-electron chi connectivity index (χ3n) is 6.52. The van der Waals surface area contributed by atoms with Gasteiger partial charge in [-0.05, 0) is 50.0 Å². The zero-order chi connectivity index (χ0) is 22.9. The molecule has 0 amide bonds. The summed E-state index contributed by atoms with van der Waals surface area (Å²) >= 11 is 0. The standard InChI is InChI=1S/C27H36O5/c1-4-5-8-19(2)23(28)15-13-20-14-16-24-26(20)22-11-6-9-21(27(22)32-24)10-7-12-25(29)31-18-17-30-3/h6,9,11,13,15,19-20,23-24,26,28H,7-8,10,12,14,16-18H2,1-3H3/b15-13+. The molecular weight excluding hydrogens is 404 g/mol. The number of rotatable bonds is 11. The Balaban J connectivity index is 1.59. The maximum atomic E-state index is 11.8. The number of aliphatic hydroxyl groups is 1. The molecule has 2 aliphatic rings. The molecule has 0 radical (unpaired) electrons. The Morgan fingerprint density at radius 1 is 1.34 bits per heavy atom. The van der Waals surface area contributed by atoms with Gasteiger partial charge in [0.05, 0.1) is 12.7 Å². The molecular formula is C27H36O5. The second kappa shape index (κ2) is 12.1. The predicted octanol–water partition coefficient (Wildman–Crippen LogP) is 4.42. The van der Waals surface area contributed by atoms with Crippen molar-refractivity contribution in [3.05, 3.63) is 41.5 Å². The molecule has 1 aromatic rings. The molecule has 1 N–H and O–H groups in total. The van der Waals surface area contributed by atoms with Crippen LogP contribution in [-0.4, -0.2) is 43.6 Å². The second-order valence-electron chi connectivity index (χ2n) is 8.81. The summed E-state index contributed by atoms with van der Waals surface area (Å²) in [4.78, 5) is 11.8. The molecule has 174 valence electrons. The van der Waals surface area contributed by atoms with Gasteiger partial charge in [-0.1, -0.05) is 37.3 Å². The van der Waals surface area contributed by atoms with Gasteiger partial charge in [0.2, 0.25) is 0 Å². The van der Waals surface area contributed by atoms with Crippen molar-refractivity contribution in [1.82, 2.24) is 0 Å². The molecule has 0 aromatic heterocycles.